The van der Waals surface area contributed by atoms with Gasteiger partial charge in [0, 0.05) is 24.2 Å². The molecule has 0 saturated heterocycles. The third kappa shape index (κ3) is 4.08. The van der Waals surface area contributed by atoms with Crippen LogP contribution in [0.1, 0.15) is 55.7 Å². The molecule has 2 N–H and O–H groups in total. The van der Waals surface area contributed by atoms with Crippen LogP contribution in [0.3, 0.4) is 0 Å². The van der Waals surface area contributed by atoms with Crippen LogP contribution in [0.5, 0.6) is 0 Å². The van der Waals surface area contributed by atoms with Gasteiger partial charge in [0.1, 0.15) is 0 Å². The molecule has 1 aromatic heterocycles. The van der Waals surface area contributed by atoms with Crippen molar-refractivity contribution in [2.24, 2.45) is 0 Å². The molecule has 0 aliphatic heterocycles. The number of carbonyl (C=O) groups excluding carboxylic acids is 1. The number of carboxylic acids is 1. The van der Waals surface area contributed by atoms with Gasteiger partial charge >= 0.3 is 5.97 Å². The summed E-state index contributed by atoms with van der Waals surface area (Å²) in [5.74, 6) is -1.06. The molecule has 0 radical (unpaired) electrons. The molecule has 0 fully saturated rings. The van der Waals surface area contributed by atoms with E-state index in [4.69, 9.17) is 5.11 Å². The molecule has 0 bridgehead atoms. The summed E-state index contributed by atoms with van der Waals surface area (Å²) < 4.78 is 1.79. The first-order valence-electron chi connectivity index (χ1n) is 6.39. The summed E-state index contributed by atoms with van der Waals surface area (Å²) in [4.78, 5) is 22.5. The van der Waals surface area contributed by atoms with Crippen LogP contribution in [-0.4, -0.2) is 32.8 Å². The molecule has 0 saturated carbocycles. The van der Waals surface area contributed by atoms with Crippen LogP contribution in [0.25, 0.3) is 0 Å². The maximum absolute atomic E-state index is 12.0. The van der Waals surface area contributed by atoms with Crippen molar-refractivity contribution >= 4 is 11.9 Å². The maximum Gasteiger partial charge on any atom is 0.303 e. The summed E-state index contributed by atoms with van der Waals surface area (Å²) in [6, 6.07) is 0.0244. The highest BCUT2D eigenvalue weighted by atomic mass is 16.4. The second-order valence-electron chi connectivity index (χ2n) is 4.99. The van der Waals surface area contributed by atoms with E-state index < -0.39 is 5.97 Å². The van der Waals surface area contributed by atoms with Crippen LogP contribution in [0.15, 0.2) is 6.20 Å². The number of hydrogen-bond acceptors (Lipinski definition) is 3. The van der Waals surface area contributed by atoms with Crippen LogP contribution in [0, 0.1) is 6.92 Å². The molecule has 1 heterocycles. The molecule has 0 aliphatic rings. The van der Waals surface area contributed by atoms with Gasteiger partial charge in [-0.25, -0.2) is 0 Å². The normalized spacial score (nSPS) is 12.5. The van der Waals surface area contributed by atoms with Crippen molar-refractivity contribution in [3.8, 4) is 0 Å². The number of aromatic nitrogens is 2. The van der Waals surface area contributed by atoms with Gasteiger partial charge in [-0.15, -0.1) is 0 Å². The monoisotopic (exact) mass is 267 g/mol. The highest BCUT2D eigenvalue weighted by Crippen LogP contribution is 2.13. The predicted octanol–water partition coefficient (Wildman–Crippen LogP) is 1.76. The molecule has 1 aromatic rings. The lowest BCUT2D eigenvalue weighted by Gasteiger charge is -2.13. The third-order valence-corrected chi connectivity index (χ3v) is 2.95. The minimum atomic E-state index is -0.857. The molecule has 1 amide bonds. The molecule has 19 heavy (non-hydrogen) atoms. The van der Waals surface area contributed by atoms with Gasteiger partial charge in [-0.3, -0.25) is 14.3 Å². The third-order valence-electron chi connectivity index (χ3n) is 2.95. The SMILES string of the molecule is Cc1c(C(=O)NC(C)CCC(=O)O)cnn1C(C)C. The fourth-order valence-electron chi connectivity index (χ4n) is 1.88. The topological polar surface area (TPSA) is 84.2 Å². The van der Waals surface area contributed by atoms with Gasteiger partial charge in [0.05, 0.1) is 11.8 Å². The van der Waals surface area contributed by atoms with E-state index in [0.717, 1.165) is 5.69 Å². The Hall–Kier alpha value is -1.85. The first-order chi connectivity index (χ1) is 8.82. The Morgan fingerprint density at radius 1 is 1.42 bits per heavy atom. The lowest BCUT2D eigenvalue weighted by atomic mass is 10.1. The Bertz CT molecular complexity index is 466. The Morgan fingerprint density at radius 2 is 2.05 bits per heavy atom. The van der Waals surface area contributed by atoms with Gasteiger partial charge in [0.15, 0.2) is 0 Å². The lowest BCUT2D eigenvalue weighted by Crippen LogP contribution is -2.33. The van der Waals surface area contributed by atoms with Gasteiger partial charge in [-0.05, 0) is 34.1 Å². The van der Waals surface area contributed by atoms with Crippen molar-refractivity contribution in [1.82, 2.24) is 15.1 Å². The van der Waals surface area contributed by atoms with Crippen molar-refractivity contribution in [3.05, 3.63) is 17.5 Å². The van der Waals surface area contributed by atoms with Crippen molar-refractivity contribution in [2.75, 3.05) is 0 Å². The fraction of sp³-hybridized carbons (Fsp3) is 0.615. The van der Waals surface area contributed by atoms with Gasteiger partial charge in [0.25, 0.3) is 5.91 Å². The summed E-state index contributed by atoms with van der Waals surface area (Å²) >= 11 is 0. The number of nitrogens with one attached hydrogen (secondary N) is 1. The Labute approximate surface area is 112 Å². The van der Waals surface area contributed by atoms with E-state index in [1.54, 1.807) is 17.8 Å². The average Bonchev–Trinajstić information content (AvgIpc) is 2.68. The summed E-state index contributed by atoms with van der Waals surface area (Å²) in [5, 5.41) is 15.6. The maximum atomic E-state index is 12.0. The molecule has 6 heteroatoms. The first-order valence-corrected chi connectivity index (χ1v) is 6.39. The van der Waals surface area contributed by atoms with Crippen molar-refractivity contribution in [3.63, 3.8) is 0 Å². The molecule has 0 aliphatic carbocycles. The van der Waals surface area contributed by atoms with Crippen molar-refractivity contribution in [1.29, 1.82) is 0 Å². The minimum Gasteiger partial charge on any atom is -0.481 e. The molecule has 1 atom stereocenters. The van der Waals surface area contributed by atoms with E-state index in [-0.39, 0.29) is 24.4 Å². The quantitative estimate of drug-likeness (QED) is 0.822. The summed E-state index contributed by atoms with van der Waals surface area (Å²) in [6.45, 7) is 7.64. The van der Waals surface area contributed by atoms with Crippen LogP contribution in [-0.2, 0) is 4.79 Å². The zero-order valence-electron chi connectivity index (χ0n) is 11.8. The molecule has 1 rings (SSSR count). The molecule has 6 nitrogen and oxygen atoms in total. The predicted molar refractivity (Wildman–Crippen MR) is 71.1 cm³/mol. The van der Waals surface area contributed by atoms with Crippen molar-refractivity contribution in [2.45, 2.75) is 52.6 Å². The molecule has 0 aromatic carbocycles. The van der Waals surface area contributed by atoms with E-state index in [0.29, 0.717) is 12.0 Å². The van der Waals surface area contributed by atoms with E-state index in [1.165, 1.54) is 0 Å². The zero-order valence-corrected chi connectivity index (χ0v) is 11.8. The van der Waals surface area contributed by atoms with Crippen LogP contribution in [0.2, 0.25) is 0 Å². The van der Waals surface area contributed by atoms with Crippen LogP contribution < -0.4 is 5.32 Å². The Balaban J connectivity index is 2.66. The Morgan fingerprint density at radius 3 is 2.53 bits per heavy atom. The van der Waals surface area contributed by atoms with E-state index in [1.807, 2.05) is 20.8 Å². The minimum absolute atomic E-state index is 0.0473. The highest BCUT2D eigenvalue weighted by Gasteiger charge is 2.17. The molecular weight excluding hydrogens is 246 g/mol. The molecule has 1 unspecified atom stereocenters. The number of nitrogens with zero attached hydrogens (tertiary/aromatic N) is 2. The number of aliphatic carboxylic acids is 1. The molecule has 106 valence electrons. The smallest absolute Gasteiger partial charge is 0.303 e. The number of rotatable bonds is 6. The van der Waals surface area contributed by atoms with Crippen molar-refractivity contribution < 1.29 is 14.7 Å². The number of carboxylic acid groups (broad SMARTS) is 1. The molecular formula is C13H21N3O3. The fourth-order valence-corrected chi connectivity index (χ4v) is 1.88. The largest absolute Gasteiger partial charge is 0.481 e. The van der Waals surface area contributed by atoms with Gasteiger partial charge < -0.3 is 10.4 Å². The first kappa shape index (κ1) is 15.2. The second kappa shape index (κ2) is 6.36. The summed E-state index contributed by atoms with van der Waals surface area (Å²) in [6.07, 6.45) is 2.01. The van der Waals surface area contributed by atoms with Gasteiger partial charge in [-0.2, -0.15) is 5.10 Å². The van der Waals surface area contributed by atoms with Gasteiger partial charge in [-0.1, -0.05) is 0 Å². The zero-order chi connectivity index (χ0) is 14.6. The summed E-state index contributed by atoms with van der Waals surface area (Å²) in [5.41, 5.74) is 1.36. The van der Waals surface area contributed by atoms with E-state index >= 15 is 0 Å². The lowest BCUT2D eigenvalue weighted by molar-refractivity contribution is -0.137. The highest BCUT2D eigenvalue weighted by molar-refractivity contribution is 5.95. The van der Waals surface area contributed by atoms with Crippen LogP contribution in [0.4, 0.5) is 0 Å². The summed E-state index contributed by atoms with van der Waals surface area (Å²) in [7, 11) is 0. The van der Waals surface area contributed by atoms with E-state index in [9.17, 15) is 9.59 Å². The number of hydrogen-bond donors (Lipinski definition) is 2. The average molecular weight is 267 g/mol. The van der Waals surface area contributed by atoms with Crippen LogP contribution >= 0.6 is 0 Å². The van der Waals surface area contributed by atoms with Gasteiger partial charge in [0.2, 0.25) is 0 Å². The number of carbonyl (C=O) groups is 2. The number of amides is 1. The van der Waals surface area contributed by atoms with E-state index in [2.05, 4.69) is 10.4 Å². The molecule has 0 spiro atoms. The second-order valence-corrected chi connectivity index (χ2v) is 4.99. The standard InChI is InChI=1S/C13H21N3O3/c1-8(2)16-10(4)11(7-14-16)13(19)15-9(3)5-6-12(17)18/h7-9H,5-6H2,1-4H3,(H,15,19)(H,17,18). The Kier molecular flexibility index (Phi) is 5.09.